The van der Waals surface area contributed by atoms with Gasteiger partial charge in [-0.25, -0.2) is 0 Å². The van der Waals surface area contributed by atoms with Crippen LogP contribution in [0.4, 0.5) is 0 Å². The summed E-state index contributed by atoms with van der Waals surface area (Å²) in [5.41, 5.74) is 0. The van der Waals surface area contributed by atoms with Crippen LogP contribution in [0, 0.1) is 0 Å². The van der Waals surface area contributed by atoms with Crippen molar-refractivity contribution in [1.29, 1.82) is 0 Å². The van der Waals surface area contributed by atoms with Crippen LogP contribution in [0.3, 0.4) is 0 Å². The third kappa shape index (κ3) is 5.89. The van der Waals surface area contributed by atoms with E-state index in [0.717, 1.165) is 51.4 Å². The summed E-state index contributed by atoms with van der Waals surface area (Å²) in [6.07, 6.45) is 10.7. The average molecular weight is 314 g/mol. The van der Waals surface area contributed by atoms with Gasteiger partial charge in [-0.2, -0.15) is 12.6 Å². The highest BCUT2D eigenvalue weighted by molar-refractivity contribution is 7.81. The summed E-state index contributed by atoms with van der Waals surface area (Å²) in [6, 6.07) is 0. The second-order valence-corrected chi connectivity index (χ2v) is 6.79. The molecular weight excluding hydrogens is 288 g/mol. The number of ether oxygens (including phenoxy) is 2. The summed E-state index contributed by atoms with van der Waals surface area (Å²) in [6.45, 7) is 0. The standard InChI is InChI=1S/C16H26O4S/c17-15(19-12-7-3-1-4-8-12)11-14(21)16(18)20-13-9-5-2-6-10-13/h12-14,21H,1-11H2. The van der Waals surface area contributed by atoms with Crippen LogP contribution in [-0.4, -0.2) is 29.4 Å². The second-order valence-electron chi connectivity index (χ2n) is 6.17. The number of esters is 2. The molecular formula is C16H26O4S. The molecule has 0 bridgehead atoms. The Morgan fingerprint density at radius 2 is 1.33 bits per heavy atom. The molecule has 0 N–H and O–H groups in total. The van der Waals surface area contributed by atoms with Crippen LogP contribution >= 0.6 is 12.6 Å². The SMILES string of the molecule is O=C(CC(S)C(=O)OC1CCCCC1)OC1CCCCC1. The van der Waals surface area contributed by atoms with Crippen LogP contribution in [-0.2, 0) is 19.1 Å². The van der Waals surface area contributed by atoms with E-state index in [4.69, 9.17) is 9.47 Å². The molecule has 0 aromatic carbocycles. The number of rotatable bonds is 5. The fourth-order valence-electron chi connectivity index (χ4n) is 3.08. The molecule has 120 valence electrons. The summed E-state index contributed by atoms with van der Waals surface area (Å²) < 4.78 is 10.8. The molecule has 1 atom stereocenters. The van der Waals surface area contributed by atoms with E-state index in [0.29, 0.717) is 0 Å². The summed E-state index contributed by atoms with van der Waals surface area (Å²) >= 11 is 4.21. The number of thiol groups is 1. The highest BCUT2D eigenvalue weighted by atomic mass is 32.1. The first-order valence-electron chi connectivity index (χ1n) is 8.23. The Balaban J connectivity index is 1.67. The molecule has 5 heteroatoms. The quantitative estimate of drug-likeness (QED) is 0.624. The van der Waals surface area contributed by atoms with Gasteiger partial charge in [0.05, 0.1) is 6.42 Å². The lowest BCUT2D eigenvalue weighted by molar-refractivity contribution is -0.156. The van der Waals surface area contributed by atoms with E-state index in [9.17, 15) is 9.59 Å². The molecule has 0 aliphatic heterocycles. The molecule has 0 spiro atoms. The van der Waals surface area contributed by atoms with Crippen molar-refractivity contribution >= 4 is 24.6 Å². The largest absolute Gasteiger partial charge is 0.462 e. The van der Waals surface area contributed by atoms with Crippen molar-refractivity contribution in [2.24, 2.45) is 0 Å². The second kappa shape index (κ2) is 8.66. The number of carbonyl (C=O) groups is 2. The van der Waals surface area contributed by atoms with Crippen LogP contribution in [0.5, 0.6) is 0 Å². The van der Waals surface area contributed by atoms with E-state index in [1.54, 1.807) is 0 Å². The van der Waals surface area contributed by atoms with Crippen LogP contribution in [0.25, 0.3) is 0 Å². The van der Waals surface area contributed by atoms with Gasteiger partial charge in [0.1, 0.15) is 17.5 Å². The molecule has 1 unspecified atom stereocenters. The number of hydrogen-bond acceptors (Lipinski definition) is 5. The Morgan fingerprint density at radius 3 is 1.86 bits per heavy atom. The molecule has 2 aliphatic rings. The third-order valence-electron chi connectivity index (χ3n) is 4.32. The van der Waals surface area contributed by atoms with E-state index in [2.05, 4.69) is 12.6 Å². The van der Waals surface area contributed by atoms with Crippen LogP contribution < -0.4 is 0 Å². The molecule has 2 fully saturated rings. The molecule has 0 saturated heterocycles. The first-order valence-corrected chi connectivity index (χ1v) is 8.75. The van der Waals surface area contributed by atoms with Crippen molar-refractivity contribution in [3.8, 4) is 0 Å². The average Bonchev–Trinajstić information content (AvgIpc) is 2.49. The Labute approximate surface area is 132 Å². The first kappa shape index (κ1) is 16.7. The van der Waals surface area contributed by atoms with Gasteiger partial charge < -0.3 is 9.47 Å². The fourth-order valence-corrected chi connectivity index (χ4v) is 3.29. The van der Waals surface area contributed by atoms with Crippen molar-refractivity contribution in [2.45, 2.75) is 88.1 Å². The van der Waals surface area contributed by atoms with Gasteiger partial charge in [-0.05, 0) is 51.4 Å². The molecule has 0 aromatic heterocycles. The molecule has 2 saturated carbocycles. The lowest BCUT2D eigenvalue weighted by Crippen LogP contribution is -2.29. The highest BCUT2D eigenvalue weighted by Gasteiger charge is 2.26. The minimum Gasteiger partial charge on any atom is -0.462 e. The van der Waals surface area contributed by atoms with Crippen molar-refractivity contribution < 1.29 is 19.1 Å². The van der Waals surface area contributed by atoms with Crippen LogP contribution in [0.15, 0.2) is 0 Å². The Hall–Kier alpha value is -0.710. The lowest BCUT2D eigenvalue weighted by Gasteiger charge is -2.24. The predicted octanol–water partition coefficient (Wildman–Crippen LogP) is 3.43. The lowest BCUT2D eigenvalue weighted by atomic mass is 9.98. The molecule has 0 radical (unpaired) electrons. The molecule has 0 heterocycles. The Morgan fingerprint density at radius 1 is 0.857 bits per heavy atom. The van der Waals surface area contributed by atoms with Crippen molar-refractivity contribution in [3.05, 3.63) is 0 Å². The molecule has 2 aliphatic carbocycles. The van der Waals surface area contributed by atoms with Crippen LogP contribution in [0.1, 0.15) is 70.6 Å². The monoisotopic (exact) mass is 314 g/mol. The minimum atomic E-state index is -0.706. The normalized spacial score (nSPS) is 22.5. The van der Waals surface area contributed by atoms with E-state index in [1.807, 2.05) is 0 Å². The number of hydrogen-bond donors (Lipinski definition) is 1. The molecule has 0 amide bonds. The summed E-state index contributed by atoms with van der Waals surface area (Å²) in [5.74, 6) is -0.715. The van der Waals surface area contributed by atoms with Crippen molar-refractivity contribution in [3.63, 3.8) is 0 Å². The minimum absolute atomic E-state index is 0.00512. The zero-order valence-electron chi connectivity index (χ0n) is 12.6. The summed E-state index contributed by atoms with van der Waals surface area (Å²) in [7, 11) is 0. The van der Waals surface area contributed by atoms with E-state index in [-0.39, 0.29) is 30.6 Å². The van der Waals surface area contributed by atoms with Gasteiger partial charge in [-0.3, -0.25) is 9.59 Å². The number of carbonyl (C=O) groups excluding carboxylic acids is 2. The van der Waals surface area contributed by atoms with Gasteiger partial charge in [0, 0.05) is 0 Å². The molecule has 21 heavy (non-hydrogen) atoms. The van der Waals surface area contributed by atoms with Gasteiger partial charge in [0.15, 0.2) is 0 Å². The van der Waals surface area contributed by atoms with Crippen LogP contribution in [0.2, 0.25) is 0 Å². The van der Waals surface area contributed by atoms with Crippen molar-refractivity contribution in [1.82, 2.24) is 0 Å². The zero-order chi connectivity index (χ0) is 15.1. The fraction of sp³-hybridized carbons (Fsp3) is 0.875. The maximum Gasteiger partial charge on any atom is 0.319 e. The Kier molecular flexibility index (Phi) is 6.87. The van der Waals surface area contributed by atoms with Gasteiger partial charge >= 0.3 is 11.9 Å². The Bertz CT molecular complexity index is 346. The van der Waals surface area contributed by atoms with Gasteiger partial charge in [0.25, 0.3) is 0 Å². The highest BCUT2D eigenvalue weighted by Crippen LogP contribution is 2.23. The first-order chi connectivity index (χ1) is 10.1. The predicted molar refractivity (Wildman–Crippen MR) is 83.3 cm³/mol. The smallest absolute Gasteiger partial charge is 0.319 e. The van der Waals surface area contributed by atoms with Gasteiger partial charge in [0.2, 0.25) is 0 Å². The zero-order valence-corrected chi connectivity index (χ0v) is 13.5. The molecule has 4 nitrogen and oxygen atoms in total. The molecule has 2 rings (SSSR count). The summed E-state index contributed by atoms with van der Waals surface area (Å²) in [5, 5.41) is -0.706. The summed E-state index contributed by atoms with van der Waals surface area (Å²) in [4.78, 5) is 23.8. The molecule has 0 aromatic rings. The van der Waals surface area contributed by atoms with Gasteiger partial charge in [-0.15, -0.1) is 0 Å². The van der Waals surface area contributed by atoms with E-state index in [1.165, 1.54) is 12.8 Å². The van der Waals surface area contributed by atoms with Crippen molar-refractivity contribution in [2.75, 3.05) is 0 Å². The van der Waals surface area contributed by atoms with E-state index < -0.39 is 5.25 Å². The third-order valence-corrected chi connectivity index (χ3v) is 4.71. The maximum absolute atomic E-state index is 11.9. The van der Waals surface area contributed by atoms with Gasteiger partial charge in [-0.1, -0.05) is 12.8 Å². The maximum atomic E-state index is 11.9. The van der Waals surface area contributed by atoms with E-state index >= 15 is 0 Å². The topological polar surface area (TPSA) is 52.6 Å².